The molecule has 0 spiro atoms. The van der Waals surface area contributed by atoms with Crippen molar-refractivity contribution in [3.63, 3.8) is 0 Å². The maximum Gasteiger partial charge on any atom is 0.491 e. The third-order valence-corrected chi connectivity index (χ3v) is 2.87. The van der Waals surface area contributed by atoms with Gasteiger partial charge in [-0.2, -0.15) is 0 Å². The first-order chi connectivity index (χ1) is 9.72. The van der Waals surface area contributed by atoms with E-state index in [4.69, 9.17) is 4.65 Å². The second-order valence-electron chi connectivity index (χ2n) is 4.25. The molecule has 3 rings (SSSR count). The maximum atomic E-state index is 11.8. The zero-order chi connectivity index (χ0) is 13.9. The number of carbonyl (C=O) groups excluding carboxylic acids is 1. The highest BCUT2D eigenvalue weighted by Crippen LogP contribution is 2.14. The van der Waals surface area contributed by atoms with Crippen LogP contribution in [0.3, 0.4) is 0 Å². The summed E-state index contributed by atoms with van der Waals surface area (Å²) in [5.41, 5.74) is 2.15. The average molecular weight is 270 g/mol. The van der Waals surface area contributed by atoms with E-state index in [0.717, 1.165) is 5.56 Å². The van der Waals surface area contributed by atoms with E-state index in [1.54, 1.807) is 12.1 Å². The van der Waals surface area contributed by atoms with Gasteiger partial charge in [0.1, 0.15) is 0 Å². The lowest BCUT2D eigenvalue weighted by molar-refractivity contribution is 0.262. The standard InChI is InChI=1S/C12H11BN4O3/c18-12(17-11-6-14-3-4-15-11)16-9-2-1-8-7-20-13(19)10(8)5-9/h1-6,19H,7H2,(H2,15,16,17,18). The molecule has 0 saturated heterocycles. The van der Waals surface area contributed by atoms with Crippen LogP contribution >= 0.6 is 0 Å². The topological polar surface area (TPSA) is 96.4 Å². The van der Waals surface area contributed by atoms with Crippen LogP contribution in [0, 0.1) is 0 Å². The zero-order valence-corrected chi connectivity index (χ0v) is 10.4. The van der Waals surface area contributed by atoms with E-state index < -0.39 is 13.1 Å². The van der Waals surface area contributed by atoms with E-state index in [1.807, 2.05) is 6.07 Å². The molecular formula is C12H11BN4O3. The van der Waals surface area contributed by atoms with Gasteiger partial charge in [-0.1, -0.05) is 6.07 Å². The average Bonchev–Trinajstić information content (AvgIpc) is 2.81. The first-order valence-corrected chi connectivity index (χ1v) is 5.99. The lowest BCUT2D eigenvalue weighted by atomic mass is 9.79. The van der Waals surface area contributed by atoms with Crippen molar-refractivity contribution in [2.24, 2.45) is 0 Å². The second-order valence-corrected chi connectivity index (χ2v) is 4.25. The maximum absolute atomic E-state index is 11.8. The van der Waals surface area contributed by atoms with Crippen molar-refractivity contribution in [3.8, 4) is 0 Å². The highest BCUT2D eigenvalue weighted by Gasteiger charge is 2.27. The molecule has 1 aromatic carbocycles. The van der Waals surface area contributed by atoms with Gasteiger partial charge in [0, 0.05) is 18.1 Å². The summed E-state index contributed by atoms with van der Waals surface area (Å²) in [4.78, 5) is 19.6. The summed E-state index contributed by atoms with van der Waals surface area (Å²) in [6.45, 7) is 0.378. The molecule has 0 radical (unpaired) electrons. The Morgan fingerprint density at radius 2 is 2.25 bits per heavy atom. The number of hydrogen-bond acceptors (Lipinski definition) is 5. The number of aromatic nitrogens is 2. The number of urea groups is 1. The lowest BCUT2D eigenvalue weighted by Gasteiger charge is -2.08. The Hall–Kier alpha value is -2.45. The van der Waals surface area contributed by atoms with Crippen LogP contribution in [0.5, 0.6) is 0 Å². The molecule has 0 unspecified atom stereocenters. The summed E-state index contributed by atoms with van der Waals surface area (Å²) in [5.74, 6) is 0.356. The Labute approximate surface area is 115 Å². The summed E-state index contributed by atoms with van der Waals surface area (Å²) >= 11 is 0. The molecule has 0 aliphatic carbocycles. The van der Waals surface area contributed by atoms with E-state index in [0.29, 0.717) is 23.6 Å². The third-order valence-electron chi connectivity index (χ3n) is 2.87. The summed E-state index contributed by atoms with van der Waals surface area (Å²) in [6.07, 6.45) is 4.45. The number of fused-ring (bicyclic) bond motifs is 1. The highest BCUT2D eigenvalue weighted by atomic mass is 16.5. The van der Waals surface area contributed by atoms with Gasteiger partial charge in [-0.05, 0) is 23.2 Å². The predicted octanol–water partition coefficient (Wildman–Crippen LogP) is 0.338. The minimum atomic E-state index is -0.935. The molecule has 20 heavy (non-hydrogen) atoms. The van der Waals surface area contributed by atoms with Gasteiger partial charge in [-0.15, -0.1) is 0 Å². The van der Waals surface area contributed by atoms with Crippen LogP contribution in [-0.4, -0.2) is 28.1 Å². The van der Waals surface area contributed by atoms with E-state index in [-0.39, 0.29) is 0 Å². The molecule has 1 aliphatic rings. The quantitative estimate of drug-likeness (QED) is 0.684. The number of nitrogens with zero attached hydrogens (tertiary/aromatic N) is 2. The fraction of sp³-hybridized carbons (Fsp3) is 0.0833. The Balaban J connectivity index is 1.69. The van der Waals surface area contributed by atoms with Crippen LogP contribution in [-0.2, 0) is 11.3 Å². The van der Waals surface area contributed by atoms with Crippen LogP contribution in [0.4, 0.5) is 16.3 Å². The molecule has 2 aromatic rings. The first kappa shape index (κ1) is 12.6. The van der Waals surface area contributed by atoms with Crippen molar-refractivity contribution in [1.29, 1.82) is 0 Å². The number of carbonyl (C=O) groups is 1. The van der Waals surface area contributed by atoms with Gasteiger partial charge < -0.3 is 15.0 Å². The molecule has 8 heteroatoms. The molecule has 3 N–H and O–H groups in total. The molecule has 1 aromatic heterocycles. The van der Waals surface area contributed by atoms with Gasteiger partial charge in [0.15, 0.2) is 5.82 Å². The van der Waals surface area contributed by atoms with E-state index in [2.05, 4.69) is 20.6 Å². The molecule has 2 heterocycles. The van der Waals surface area contributed by atoms with Crippen LogP contribution < -0.4 is 16.1 Å². The molecule has 100 valence electrons. The van der Waals surface area contributed by atoms with Gasteiger partial charge in [0.25, 0.3) is 0 Å². The summed E-state index contributed by atoms with van der Waals surface area (Å²) in [7, 11) is -0.935. The summed E-state index contributed by atoms with van der Waals surface area (Å²) < 4.78 is 5.09. The fourth-order valence-electron chi connectivity index (χ4n) is 1.93. The van der Waals surface area contributed by atoms with Crippen molar-refractivity contribution in [2.45, 2.75) is 6.61 Å². The second kappa shape index (κ2) is 5.28. The van der Waals surface area contributed by atoms with Crippen LogP contribution in [0.15, 0.2) is 36.8 Å². The molecular weight excluding hydrogens is 259 g/mol. The number of benzene rings is 1. The monoisotopic (exact) mass is 270 g/mol. The van der Waals surface area contributed by atoms with Gasteiger partial charge in [0.2, 0.25) is 0 Å². The molecule has 0 saturated carbocycles. The van der Waals surface area contributed by atoms with E-state index in [9.17, 15) is 9.82 Å². The van der Waals surface area contributed by atoms with Crippen LogP contribution in [0.25, 0.3) is 0 Å². The van der Waals surface area contributed by atoms with Crippen molar-refractivity contribution in [2.75, 3.05) is 10.6 Å². The Kier molecular flexibility index (Phi) is 3.32. The van der Waals surface area contributed by atoms with Crippen LogP contribution in [0.1, 0.15) is 5.56 Å². The SMILES string of the molecule is O=C(Nc1ccc2c(c1)B(O)OC2)Nc1cnccn1. The Morgan fingerprint density at radius 3 is 3.05 bits per heavy atom. The fourth-order valence-corrected chi connectivity index (χ4v) is 1.93. The smallest absolute Gasteiger partial charge is 0.423 e. The lowest BCUT2D eigenvalue weighted by Crippen LogP contribution is -2.29. The normalized spacial score (nSPS) is 12.9. The molecule has 0 fully saturated rings. The Morgan fingerprint density at radius 1 is 1.35 bits per heavy atom. The molecule has 1 aliphatic heterocycles. The zero-order valence-electron chi connectivity index (χ0n) is 10.4. The number of anilines is 2. The first-order valence-electron chi connectivity index (χ1n) is 5.99. The van der Waals surface area contributed by atoms with Crippen molar-refractivity contribution in [3.05, 3.63) is 42.4 Å². The molecule has 7 nitrogen and oxygen atoms in total. The van der Waals surface area contributed by atoms with Gasteiger partial charge in [-0.25, -0.2) is 9.78 Å². The summed E-state index contributed by atoms with van der Waals surface area (Å²) in [6, 6.07) is 4.81. The van der Waals surface area contributed by atoms with Crippen molar-refractivity contribution >= 4 is 30.1 Å². The Bertz CT molecular complexity index is 638. The van der Waals surface area contributed by atoms with Crippen molar-refractivity contribution < 1.29 is 14.5 Å². The predicted molar refractivity (Wildman–Crippen MR) is 73.5 cm³/mol. The van der Waals surface area contributed by atoms with E-state index in [1.165, 1.54) is 18.6 Å². The van der Waals surface area contributed by atoms with Gasteiger partial charge >= 0.3 is 13.1 Å². The number of amides is 2. The minimum Gasteiger partial charge on any atom is -0.423 e. The van der Waals surface area contributed by atoms with Gasteiger partial charge in [0.05, 0.1) is 12.8 Å². The number of hydrogen-bond donors (Lipinski definition) is 3. The molecule has 2 amide bonds. The minimum absolute atomic E-state index is 0.356. The number of nitrogens with one attached hydrogen (secondary N) is 2. The van der Waals surface area contributed by atoms with E-state index >= 15 is 0 Å². The summed E-state index contributed by atoms with van der Waals surface area (Å²) in [5, 5.41) is 14.8. The van der Waals surface area contributed by atoms with Crippen molar-refractivity contribution in [1.82, 2.24) is 9.97 Å². The molecule has 0 bridgehead atoms. The highest BCUT2D eigenvalue weighted by molar-refractivity contribution is 6.61. The third kappa shape index (κ3) is 2.61. The van der Waals surface area contributed by atoms with Crippen LogP contribution in [0.2, 0.25) is 0 Å². The number of rotatable bonds is 2. The van der Waals surface area contributed by atoms with Gasteiger partial charge in [-0.3, -0.25) is 10.3 Å². The molecule has 0 atom stereocenters. The largest absolute Gasteiger partial charge is 0.491 e.